The van der Waals surface area contributed by atoms with Gasteiger partial charge in [0, 0.05) is 18.8 Å². The summed E-state index contributed by atoms with van der Waals surface area (Å²) in [6.07, 6.45) is 1.63. The Morgan fingerprint density at radius 3 is 1.64 bits per heavy atom. The summed E-state index contributed by atoms with van der Waals surface area (Å²) in [4.78, 5) is 39.1. The highest BCUT2D eigenvalue weighted by Crippen LogP contribution is 2.68. The van der Waals surface area contributed by atoms with Gasteiger partial charge in [0.2, 0.25) is 0 Å². The number of aliphatic hydroxyl groups is 1. The highest BCUT2D eigenvalue weighted by atomic mass is 31.2. The van der Waals surface area contributed by atoms with E-state index in [1.165, 1.54) is 18.3 Å². The van der Waals surface area contributed by atoms with Crippen LogP contribution in [0.25, 0.3) is 0 Å². The summed E-state index contributed by atoms with van der Waals surface area (Å²) in [5, 5.41) is 6.16. The zero-order valence-electron chi connectivity index (χ0n) is 10.9. The minimum Gasteiger partial charge on any atom is -0.412 e. The molecule has 1 aromatic heterocycles. The molecule has 0 atom stereocenters. The van der Waals surface area contributed by atoms with Gasteiger partial charge in [-0.05, 0) is 11.6 Å². The molecule has 0 aliphatic carbocycles. The zero-order valence-corrected chi connectivity index (χ0v) is 12.7. The van der Waals surface area contributed by atoms with E-state index in [-0.39, 0.29) is 32.9 Å². The molecule has 0 unspecified atom stereocenters. The molecular formula is C7H21NO12P2. The summed E-state index contributed by atoms with van der Waals surface area (Å²) >= 11 is 0. The van der Waals surface area contributed by atoms with Gasteiger partial charge in [-0.3, -0.25) is 14.1 Å². The van der Waals surface area contributed by atoms with E-state index in [4.69, 9.17) is 19.6 Å². The number of nitrogens with zero attached hydrogens (tertiary/aromatic N) is 1. The van der Waals surface area contributed by atoms with Crippen molar-refractivity contribution in [2.75, 3.05) is 0 Å². The maximum atomic E-state index is 11.0. The Labute approximate surface area is 124 Å². The largest absolute Gasteiger partial charge is 0.412 e. The lowest BCUT2D eigenvalue weighted by Crippen LogP contribution is -2.31. The Kier molecular flexibility index (Phi) is 16.3. The molecule has 0 aliphatic rings. The highest BCUT2D eigenvalue weighted by molar-refractivity contribution is 7.72. The van der Waals surface area contributed by atoms with E-state index in [0.717, 1.165) is 6.20 Å². The van der Waals surface area contributed by atoms with Crippen LogP contribution in [0.2, 0.25) is 0 Å². The van der Waals surface area contributed by atoms with Gasteiger partial charge in [0.1, 0.15) is 0 Å². The quantitative estimate of drug-likeness (QED) is 0.319. The zero-order chi connectivity index (χ0) is 13.3. The van der Waals surface area contributed by atoms with E-state index in [0.29, 0.717) is 0 Å². The number of hydrogen-bond acceptors (Lipinski definition) is 4. The van der Waals surface area contributed by atoms with Crippen molar-refractivity contribution in [1.82, 2.24) is 4.98 Å². The fourth-order valence-corrected chi connectivity index (χ4v) is 3.29. The molecule has 0 amide bonds. The molecule has 0 saturated heterocycles. The molecule has 0 saturated carbocycles. The second-order valence-electron chi connectivity index (χ2n) is 3.40. The SMILES string of the molecule is O.O.O.O.O.O=P(O)(O)C(O)(Cc1cccnc1)P(=O)(O)O. The average molecular weight is 373 g/mol. The fraction of sp³-hybridized carbons (Fsp3) is 0.286. The number of hydrogen-bond donors (Lipinski definition) is 5. The molecule has 0 aliphatic heterocycles. The molecule has 15 heteroatoms. The third-order valence-corrected chi connectivity index (χ3v) is 5.84. The van der Waals surface area contributed by atoms with E-state index in [9.17, 15) is 14.2 Å². The monoisotopic (exact) mass is 373 g/mol. The van der Waals surface area contributed by atoms with Gasteiger partial charge in [0.05, 0.1) is 0 Å². The van der Waals surface area contributed by atoms with Crippen LogP contribution in [0.3, 0.4) is 0 Å². The van der Waals surface area contributed by atoms with Crippen molar-refractivity contribution in [3.8, 4) is 0 Å². The van der Waals surface area contributed by atoms with Crippen LogP contribution in [0.5, 0.6) is 0 Å². The number of pyridine rings is 1. The average Bonchev–Trinajstić information content (AvgIpc) is 2.15. The molecule has 0 spiro atoms. The predicted octanol–water partition coefficient (Wildman–Crippen LogP) is -4.50. The van der Waals surface area contributed by atoms with Crippen molar-refractivity contribution in [2.24, 2.45) is 0 Å². The molecule has 13 nitrogen and oxygen atoms in total. The van der Waals surface area contributed by atoms with Crippen LogP contribution in [0, 0.1) is 0 Å². The van der Waals surface area contributed by atoms with E-state index in [1.807, 2.05) is 0 Å². The molecule has 136 valence electrons. The normalized spacial score (nSPS) is 10.6. The molecule has 1 aromatic rings. The van der Waals surface area contributed by atoms with Crippen molar-refractivity contribution < 1.29 is 61.2 Å². The third-order valence-electron chi connectivity index (χ3n) is 2.10. The predicted molar refractivity (Wildman–Crippen MR) is 75.0 cm³/mol. The second-order valence-corrected chi connectivity index (χ2v) is 7.41. The van der Waals surface area contributed by atoms with Crippen molar-refractivity contribution in [3.05, 3.63) is 30.1 Å². The van der Waals surface area contributed by atoms with E-state index < -0.39 is 26.7 Å². The van der Waals surface area contributed by atoms with Gasteiger partial charge in [-0.2, -0.15) is 0 Å². The third kappa shape index (κ3) is 6.98. The second kappa shape index (κ2) is 10.9. The number of aromatic nitrogens is 1. The van der Waals surface area contributed by atoms with Crippen molar-refractivity contribution in [1.29, 1.82) is 0 Å². The van der Waals surface area contributed by atoms with Gasteiger partial charge in [0.15, 0.2) is 0 Å². The van der Waals surface area contributed by atoms with Gasteiger partial charge in [-0.1, -0.05) is 6.07 Å². The standard InChI is InChI=1S/C7H11NO7P2.5H2O/c9-7(16(10,11)12,17(13,14)15)4-6-2-1-3-8-5-6;;;;;/h1-3,5,9H,4H2,(H2,10,11,12)(H2,13,14,15);5*1H2. The Bertz CT molecular complexity index is 462. The molecule has 15 N–H and O–H groups in total. The summed E-state index contributed by atoms with van der Waals surface area (Å²) in [5.74, 6) is 0. The Morgan fingerprint density at radius 1 is 0.955 bits per heavy atom. The summed E-state index contributed by atoms with van der Waals surface area (Å²) in [7, 11) is -10.8. The molecular weight excluding hydrogens is 352 g/mol. The lowest BCUT2D eigenvalue weighted by atomic mass is 10.2. The van der Waals surface area contributed by atoms with Gasteiger partial charge >= 0.3 is 15.2 Å². The van der Waals surface area contributed by atoms with Crippen LogP contribution in [0.1, 0.15) is 5.56 Å². The summed E-state index contributed by atoms with van der Waals surface area (Å²) in [6.45, 7) is 0. The highest BCUT2D eigenvalue weighted by Gasteiger charge is 2.59. The van der Waals surface area contributed by atoms with Crippen molar-refractivity contribution >= 4 is 15.2 Å². The summed E-state index contributed by atoms with van der Waals surface area (Å²) in [5.41, 5.74) is 0.0988. The van der Waals surface area contributed by atoms with Crippen LogP contribution < -0.4 is 0 Å². The summed E-state index contributed by atoms with van der Waals surface area (Å²) in [6, 6.07) is 2.75. The van der Waals surface area contributed by atoms with E-state index in [1.54, 1.807) is 0 Å². The van der Waals surface area contributed by atoms with Gasteiger partial charge in [-0.15, -0.1) is 0 Å². The molecule has 1 heterocycles. The first kappa shape index (κ1) is 33.0. The number of rotatable bonds is 4. The molecule has 22 heavy (non-hydrogen) atoms. The lowest BCUT2D eigenvalue weighted by molar-refractivity contribution is 0.131. The van der Waals surface area contributed by atoms with Crippen molar-refractivity contribution in [3.63, 3.8) is 0 Å². The lowest BCUT2D eigenvalue weighted by Gasteiger charge is -2.29. The minimum atomic E-state index is -5.41. The Balaban J connectivity index is -0.000000193. The maximum absolute atomic E-state index is 11.0. The molecule has 0 radical (unpaired) electrons. The van der Waals surface area contributed by atoms with Crippen LogP contribution >= 0.6 is 15.2 Å². The molecule has 0 aromatic carbocycles. The van der Waals surface area contributed by atoms with Crippen molar-refractivity contribution in [2.45, 2.75) is 11.5 Å². The van der Waals surface area contributed by atoms with Crippen LogP contribution in [-0.4, -0.2) is 62.1 Å². The van der Waals surface area contributed by atoms with Crippen LogP contribution in [0.4, 0.5) is 0 Å². The Morgan fingerprint density at radius 2 is 1.36 bits per heavy atom. The minimum absolute atomic E-state index is 0. The van der Waals surface area contributed by atoms with Gasteiger partial charge in [-0.25, -0.2) is 0 Å². The maximum Gasteiger partial charge on any atom is 0.369 e. The first-order valence-electron chi connectivity index (χ1n) is 4.30. The molecule has 0 bridgehead atoms. The first-order valence-corrected chi connectivity index (χ1v) is 7.53. The molecule has 0 fully saturated rings. The molecule has 1 rings (SSSR count). The van der Waals surface area contributed by atoms with Gasteiger partial charge in [0.25, 0.3) is 5.08 Å². The Hall–Kier alpha value is -0.790. The van der Waals surface area contributed by atoms with E-state index in [2.05, 4.69) is 4.98 Å². The fourth-order valence-electron chi connectivity index (χ4n) is 1.15. The van der Waals surface area contributed by atoms with Crippen LogP contribution in [0.15, 0.2) is 24.5 Å². The van der Waals surface area contributed by atoms with Crippen LogP contribution in [-0.2, 0) is 15.6 Å². The smallest absolute Gasteiger partial charge is 0.369 e. The first-order chi connectivity index (χ1) is 7.58. The topological polar surface area (TPSA) is 306 Å². The summed E-state index contributed by atoms with van der Waals surface area (Å²) < 4.78 is 22.1. The van der Waals surface area contributed by atoms with Gasteiger partial charge < -0.3 is 52.1 Å². The van der Waals surface area contributed by atoms with E-state index >= 15 is 0 Å².